The van der Waals surface area contributed by atoms with E-state index in [1.54, 1.807) is 11.3 Å². The molecular weight excluding hydrogens is 306 g/mol. The first kappa shape index (κ1) is 16.2. The summed E-state index contributed by atoms with van der Waals surface area (Å²) in [6.07, 6.45) is 2.62. The molecule has 1 fully saturated rings. The average molecular weight is 329 g/mol. The molecule has 23 heavy (non-hydrogen) atoms. The molecule has 1 saturated heterocycles. The van der Waals surface area contributed by atoms with Crippen LogP contribution < -0.4 is 0 Å². The number of hydrogen-bond donors (Lipinski definition) is 1. The highest BCUT2D eigenvalue weighted by molar-refractivity contribution is 7.12. The van der Waals surface area contributed by atoms with Crippen molar-refractivity contribution in [3.8, 4) is 0 Å². The zero-order valence-electron chi connectivity index (χ0n) is 13.4. The Morgan fingerprint density at radius 1 is 1.30 bits per heavy atom. The molecule has 3 rings (SSSR count). The number of aliphatic hydroxyl groups excluding tert-OH is 1. The molecule has 1 aromatic carbocycles. The Kier molecular flexibility index (Phi) is 5.13. The van der Waals surface area contributed by atoms with E-state index in [1.165, 1.54) is 4.88 Å². The van der Waals surface area contributed by atoms with Crippen LogP contribution in [0.25, 0.3) is 0 Å². The van der Waals surface area contributed by atoms with Crippen LogP contribution in [0.1, 0.15) is 40.7 Å². The second kappa shape index (κ2) is 7.28. The maximum atomic E-state index is 12.6. The number of thiophene rings is 1. The van der Waals surface area contributed by atoms with Crippen LogP contribution in [0.2, 0.25) is 0 Å². The second-order valence-electron chi connectivity index (χ2n) is 6.23. The number of carbonyl (C=O) groups excluding carboxylic acids is 1. The molecule has 0 aliphatic carbocycles. The van der Waals surface area contributed by atoms with Gasteiger partial charge in [0.2, 0.25) is 5.91 Å². The second-order valence-corrected chi connectivity index (χ2v) is 7.61. The normalized spacial score (nSPS) is 19.0. The summed E-state index contributed by atoms with van der Waals surface area (Å²) in [5.41, 5.74) is 0.931. The van der Waals surface area contributed by atoms with Gasteiger partial charge in [-0.2, -0.15) is 0 Å². The van der Waals surface area contributed by atoms with Gasteiger partial charge >= 0.3 is 0 Å². The Morgan fingerprint density at radius 3 is 2.78 bits per heavy atom. The summed E-state index contributed by atoms with van der Waals surface area (Å²) in [5, 5.41) is 10.4. The van der Waals surface area contributed by atoms with E-state index in [-0.39, 0.29) is 11.9 Å². The van der Waals surface area contributed by atoms with Crippen LogP contribution in [0.3, 0.4) is 0 Å². The third-order valence-corrected chi connectivity index (χ3v) is 5.50. The summed E-state index contributed by atoms with van der Waals surface area (Å²) in [4.78, 5) is 16.9. The molecule has 1 aromatic heterocycles. The smallest absolute Gasteiger partial charge is 0.228 e. The SMILES string of the molecule is Cc1ccc(CC(=O)N2CCCC2CC(O)c2ccccc2)s1. The van der Waals surface area contributed by atoms with E-state index in [9.17, 15) is 9.90 Å². The fourth-order valence-corrected chi connectivity index (χ4v) is 4.19. The van der Waals surface area contributed by atoms with Gasteiger partial charge in [-0.1, -0.05) is 30.3 Å². The van der Waals surface area contributed by atoms with Crippen LogP contribution in [0, 0.1) is 6.92 Å². The van der Waals surface area contributed by atoms with E-state index in [4.69, 9.17) is 0 Å². The van der Waals surface area contributed by atoms with Crippen LogP contribution in [0.5, 0.6) is 0 Å². The lowest BCUT2D eigenvalue weighted by Gasteiger charge is -2.26. The lowest BCUT2D eigenvalue weighted by molar-refractivity contribution is -0.131. The Bertz CT molecular complexity index is 652. The van der Waals surface area contributed by atoms with Crippen molar-refractivity contribution >= 4 is 17.2 Å². The van der Waals surface area contributed by atoms with Crippen molar-refractivity contribution in [3.63, 3.8) is 0 Å². The monoisotopic (exact) mass is 329 g/mol. The Labute approximate surface area is 141 Å². The first-order valence-electron chi connectivity index (χ1n) is 8.21. The summed E-state index contributed by atoms with van der Waals surface area (Å²) < 4.78 is 0. The number of amides is 1. The van der Waals surface area contributed by atoms with Crippen molar-refractivity contribution in [1.29, 1.82) is 0 Å². The number of aliphatic hydroxyl groups is 1. The van der Waals surface area contributed by atoms with Gasteiger partial charge < -0.3 is 10.0 Å². The Morgan fingerprint density at radius 2 is 2.09 bits per heavy atom. The maximum Gasteiger partial charge on any atom is 0.228 e. The van der Waals surface area contributed by atoms with E-state index in [2.05, 4.69) is 13.0 Å². The van der Waals surface area contributed by atoms with Gasteiger partial charge in [-0.05, 0) is 43.9 Å². The number of rotatable bonds is 5. The van der Waals surface area contributed by atoms with Crippen LogP contribution in [-0.4, -0.2) is 28.5 Å². The highest BCUT2D eigenvalue weighted by atomic mass is 32.1. The lowest BCUT2D eigenvalue weighted by atomic mass is 10.0. The third-order valence-electron chi connectivity index (χ3n) is 4.50. The van der Waals surface area contributed by atoms with Gasteiger partial charge in [0, 0.05) is 22.3 Å². The molecule has 2 aromatic rings. The molecule has 4 heteroatoms. The highest BCUT2D eigenvalue weighted by Gasteiger charge is 2.30. The quantitative estimate of drug-likeness (QED) is 0.908. The largest absolute Gasteiger partial charge is 0.388 e. The summed E-state index contributed by atoms with van der Waals surface area (Å²) in [5.74, 6) is 0.189. The predicted molar refractivity (Wildman–Crippen MR) is 93.5 cm³/mol. The average Bonchev–Trinajstić information content (AvgIpc) is 3.17. The fraction of sp³-hybridized carbons (Fsp3) is 0.421. The fourth-order valence-electron chi connectivity index (χ4n) is 3.31. The lowest BCUT2D eigenvalue weighted by Crippen LogP contribution is -2.37. The van der Waals surface area contributed by atoms with Crippen molar-refractivity contribution in [2.75, 3.05) is 6.54 Å². The van der Waals surface area contributed by atoms with Gasteiger partial charge in [-0.3, -0.25) is 4.79 Å². The van der Waals surface area contributed by atoms with Crippen molar-refractivity contribution in [1.82, 2.24) is 4.90 Å². The molecule has 0 spiro atoms. The molecule has 2 atom stereocenters. The Balaban J connectivity index is 1.62. The van der Waals surface area contributed by atoms with Crippen LogP contribution >= 0.6 is 11.3 Å². The molecular formula is C19H23NO2S. The van der Waals surface area contributed by atoms with Crippen molar-refractivity contribution in [2.24, 2.45) is 0 Å². The summed E-state index contributed by atoms with van der Waals surface area (Å²) in [6.45, 7) is 2.88. The molecule has 1 amide bonds. The number of hydrogen-bond acceptors (Lipinski definition) is 3. The standard InChI is InChI=1S/C19H23NO2S/c1-14-9-10-17(23-14)13-19(22)20-11-5-8-16(20)12-18(21)15-6-3-2-4-7-15/h2-4,6-7,9-10,16,18,21H,5,8,11-13H2,1H3. The number of benzene rings is 1. The molecule has 1 aliphatic rings. The maximum absolute atomic E-state index is 12.6. The molecule has 0 saturated carbocycles. The zero-order valence-corrected chi connectivity index (χ0v) is 14.3. The van der Waals surface area contributed by atoms with Crippen molar-refractivity contribution in [2.45, 2.75) is 44.8 Å². The Hall–Kier alpha value is -1.65. The minimum atomic E-state index is -0.501. The zero-order chi connectivity index (χ0) is 16.2. The molecule has 122 valence electrons. The minimum absolute atomic E-state index is 0.152. The van der Waals surface area contributed by atoms with Gasteiger partial charge in [0.05, 0.1) is 12.5 Å². The molecule has 2 heterocycles. The van der Waals surface area contributed by atoms with E-state index in [0.29, 0.717) is 12.8 Å². The number of nitrogens with zero attached hydrogens (tertiary/aromatic N) is 1. The van der Waals surface area contributed by atoms with Gasteiger partial charge in [0.25, 0.3) is 0 Å². The van der Waals surface area contributed by atoms with Crippen molar-refractivity contribution in [3.05, 3.63) is 57.8 Å². The molecule has 0 bridgehead atoms. The topological polar surface area (TPSA) is 40.5 Å². The molecule has 0 radical (unpaired) electrons. The van der Waals surface area contributed by atoms with Crippen molar-refractivity contribution < 1.29 is 9.90 Å². The number of likely N-dealkylation sites (tertiary alicyclic amines) is 1. The minimum Gasteiger partial charge on any atom is -0.388 e. The summed E-state index contributed by atoms with van der Waals surface area (Å²) >= 11 is 1.69. The van der Waals surface area contributed by atoms with Gasteiger partial charge in [-0.25, -0.2) is 0 Å². The third kappa shape index (κ3) is 4.01. The number of carbonyl (C=O) groups is 1. The molecule has 1 N–H and O–H groups in total. The molecule has 3 nitrogen and oxygen atoms in total. The number of aryl methyl sites for hydroxylation is 1. The summed E-state index contributed by atoms with van der Waals surface area (Å²) in [6, 6.07) is 14.0. The van der Waals surface area contributed by atoms with E-state index >= 15 is 0 Å². The predicted octanol–water partition coefficient (Wildman–Crippen LogP) is 3.71. The van der Waals surface area contributed by atoms with Gasteiger partial charge in [-0.15, -0.1) is 11.3 Å². The highest BCUT2D eigenvalue weighted by Crippen LogP contribution is 2.28. The van der Waals surface area contributed by atoms with E-state index < -0.39 is 6.10 Å². The summed E-state index contributed by atoms with van der Waals surface area (Å²) in [7, 11) is 0. The molecule has 2 unspecified atom stereocenters. The van der Waals surface area contributed by atoms with E-state index in [0.717, 1.165) is 29.8 Å². The first-order chi connectivity index (χ1) is 11.1. The van der Waals surface area contributed by atoms with Crippen LogP contribution in [0.15, 0.2) is 42.5 Å². The van der Waals surface area contributed by atoms with E-state index in [1.807, 2.05) is 41.3 Å². The van der Waals surface area contributed by atoms with Crippen LogP contribution in [-0.2, 0) is 11.2 Å². The first-order valence-corrected chi connectivity index (χ1v) is 9.03. The van der Waals surface area contributed by atoms with Gasteiger partial charge in [0.15, 0.2) is 0 Å². The molecule has 1 aliphatic heterocycles. The van der Waals surface area contributed by atoms with Crippen LogP contribution in [0.4, 0.5) is 0 Å². The van der Waals surface area contributed by atoms with Gasteiger partial charge in [0.1, 0.15) is 0 Å².